The standard InChI is InChI=1S/C19H11F3N6/c20-19(21,22)18-13(9-25-28-18)16-7-11(10-3-5-23-6-4-10)17-12-8-24-27-14(12)1-2-15(17)26-16/h1-9H,(H,24,27)(H,25,28). The van der Waals surface area contributed by atoms with Gasteiger partial charge in [-0.05, 0) is 41.5 Å². The predicted octanol–water partition coefficient (Wildman–Crippen LogP) is 4.58. The van der Waals surface area contributed by atoms with Crippen molar-refractivity contribution in [2.24, 2.45) is 0 Å². The highest BCUT2D eigenvalue weighted by atomic mass is 19.4. The predicted molar refractivity (Wildman–Crippen MR) is 97.2 cm³/mol. The maximum absolute atomic E-state index is 13.4. The van der Waals surface area contributed by atoms with Crippen LogP contribution in [0.5, 0.6) is 0 Å². The molecule has 0 unspecified atom stereocenters. The molecule has 0 aliphatic rings. The Kier molecular flexibility index (Phi) is 3.45. The zero-order valence-corrected chi connectivity index (χ0v) is 14.1. The second-order valence-electron chi connectivity index (χ2n) is 6.24. The Labute approximate surface area is 155 Å². The quantitative estimate of drug-likeness (QED) is 0.470. The zero-order valence-electron chi connectivity index (χ0n) is 14.1. The van der Waals surface area contributed by atoms with Crippen LogP contribution in [0.4, 0.5) is 13.2 Å². The second kappa shape index (κ2) is 5.88. The molecule has 0 atom stereocenters. The molecule has 0 bridgehead atoms. The van der Waals surface area contributed by atoms with Crippen LogP contribution in [0.3, 0.4) is 0 Å². The molecular formula is C19H11F3N6. The second-order valence-corrected chi connectivity index (χ2v) is 6.24. The van der Waals surface area contributed by atoms with E-state index in [1.807, 2.05) is 5.10 Å². The molecule has 0 spiro atoms. The van der Waals surface area contributed by atoms with E-state index in [0.717, 1.165) is 33.6 Å². The van der Waals surface area contributed by atoms with E-state index in [9.17, 15) is 13.2 Å². The SMILES string of the molecule is FC(F)(F)c1[nH]ncc1-c1cc(-c2ccncc2)c2c(ccc3[nH]ncc32)n1. The molecule has 0 saturated heterocycles. The van der Waals surface area contributed by atoms with E-state index in [4.69, 9.17) is 0 Å². The van der Waals surface area contributed by atoms with Crippen LogP contribution in [0.1, 0.15) is 5.69 Å². The van der Waals surface area contributed by atoms with Crippen molar-refractivity contribution in [2.75, 3.05) is 0 Å². The van der Waals surface area contributed by atoms with Crippen molar-refractivity contribution >= 4 is 21.8 Å². The Morgan fingerprint density at radius 1 is 0.857 bits per heavy atom. The molecule has 5 rings (SSSR count). The van der Waals surface area contributed by atoms with Crippen LogP contribution in [-0.2, 0) is 6.18 Å². The first-order chi connectivity index (χ1) is 13.5. The van der Waals surface area contributed by atoms with Gasteiger partial charge in [0.25, 0.3) is 0 Å². The summed E-state index contributed by atoms with van der Waals surface area (Å²) in [5.74, 6) is 0. The van der Waals surface area contributed by atoms with Crippen molar-refractivity contribution in [1.29, 1.82) is 0 Å². The Hall–Kier alpha value is -3.75. The summed E-state index contributed by atoms with van der Waals surface area (Å²) in [6.07, 6.45) is 1.53. The molecule has 9 heteroatoms. The van der Waals surface area contributed by atoms with E-state index in [1.54, 1.807) is 48.9 Å². The summed E-state index contributed by atoms with van der Waals surface area (Å²) in [6.45, 7) is 0. The summed E-state index contributed by atoms with van der Waals surface area (Å²) in [6, 6.07) is 8.81. The van der Waals surface area contributed by atoms with Gasteiger partial charge in [-0.2, -0.15) is 23.4 Å². The molecule has 0 aliphatic carbocycles. The highest BCUT2D eigenvalue weighted by Gasteiger charge is 2.36. The topological polar surface area (TPSA) is 83.1 Å². The van der Waals surface area contributed by atoms with Crippen LogP contribution in [0.25, 0.3) is 44.2 Å². The lowest BCUT2D eigenvalue weighted by Gasteiger charge is -2.12. The Bertz CT molecular complexity index is 1300. The number of nitrogens with one attached hydrogen (secondary N) is 2. The number of alkyl halides is 3. The maximum Gasteiger partial charge on any atom is 0.433 e. The summed E-state index contributed by atoms with van der Waals surface area (Å²) < 4.78 is 40.1. The number of aromatic nitrogens is 6. The van der Waals surface area contributed by atoms with Gasteiger partial charge in [-0.3, -0.25) is 15.2 Å². The number of aromatic amines is 2. The van der Waals surface area contributed by atoms with Crippen LogP contribution in [0.15, 0.2) is 55.1 Å². The zero-order chi connectivity index (χ0) is 19.3. The number of nitrogens with zero attached hydrogens (tertiary/aromatic N) is 4. The molecule has 6 nitrogen and oxygen atoms in total. The molecule has 0 aliphatic heterocycles. The van der Waals surface area contributed by atoms with E-state index in [0.29, 0.717) is 5.52 Å². The first-order valence-electron chi connectivity index (χ1n) is 8.30. The minimum absolute atomic E-state index is 0.100. The molecule has 0 saturated carbocycles. The van der Waals surface area contributed by atoms with Crippen molar-refractivity contribution in [3.63, 3.8) is 0 Å². The van der Waals surface area contributed by atoms with Crippen LogP contribution >= 0.6 is 0 Å². The minimum atomic E-state index is -4.56. The molecular weight excluding hydrogens is 369 g/mol. The number of fused-ring (bicyclic) bond motifs is 3. The monoisotopic (exact) mass is 380 g/mol. The number of hydrogen-bond donors (Lipinski definition) is 2. The van der Waals surface area contributed by atoms with Gasteiger partial charge in [0.1, 0.15) is 5.69 Å². The minimum Gasteiger partial charge on any atom is -0.278 e. The lowest BCUT2D eigenvalue weighted by molar-refractivity contribution is -0.140. The summed E-state index contributed by atoms with van der Waals surface area (Å²) in [7, 11) is 0. The van der Waals surface area contributed by atoms with Gasteiger partial charge >= 0.3 is 6.18 Å². The van der Waals surface area contributed by atoms with Crippen LogP contribution in [0.2, 0.25) is 0 Å². The average molecular weight is 380 g/mol. The Morgan fingerprint density at radius 3 is 2.43 bits per heavy atom. The molecule has 138 valence electrons. The van der Waals surface area contributed by atoms with Gasteiger partial charge in [0.2, 0.25) is 0 Å². The summed E-state index contributed by atoms with van der Waals surface area (Å²) >= 11 is 0. The Balaban J connectivity index is 1.87. The molecule has 0 fully saturated rings. The fraction of sp³-hybridized carbons (Fsp3) is 0.0526. The molecule has 1 aromatic carbocycles. The molecule has 5 aromatic rings. The normalized spacial score (nSPS) is 12.1. The fourth-order valence-electron chi connectivity index (χ4n) is 3.35. The largest absolute Gasteiger partial charge is 0.433 e. The van der Waals surface area contributed by atoms with Gasteiger partial charge in [-0.1, -0.05) is 0 Å². The number of hydrogen-bond acceptors (Lipinski definition) is 4. The van der Waals surface area contributed by atoms with Gasteiger partial charge in [0, 0.05) is 23.2 Å². The highest BCUT2D eigenvalue weighted by molar-refractivity contribution is 6.12. The number of halogens is 3. The van der Waals surface area contributed by atoms with Crippen molar-refractivity contribution < 1.29 is 13.2 Å². The van der Waals surface area contributed by atoms with Gasteiger partial charge in [0.05, 0.1) is 34.7 Å². The van der Waals surface area contributed by atoms with E-state index in [1.165, 1.54) is 0 Å². The first-order valence-corrected chi connectivity index (χ1v) is 8.30. The summed E-state index contributed by atoms with van der Waals surface area (Å²) in [5, 5.41) is 14.2. The fourth-order valence-corrected chi connectivity index (χ4v) is 3.35. The number of rotatable bonds is 2. The molecule has 4 aromatic heterocycles. The van der Waals surface area contributed by atoms with Crippen LogP contribution in [0, 0.1) is 0 Å². The van der Waals surface area contributed by atoms with Crippen molar-refractivity contribution in [3.8, 4) is 22.4 Å². The lowest BCUT2D eigenvalue weighted by Crippen LogP contribution is -2.07. The van der Waals surface area contributed by atoms with Gasteiger partial charge in [0.15, 0.2) is 0 Å². The number of benzene rings is 1. The summed E-state index contributed by atoms with van der Waals surface area (Å²) in [4.78, 5) is 8.51. The molecule has 0 radical (unpaired) electrons. The first kappa shape index (κ1) is 16.4. The maximum atomic E-state index is 13.4. The molecule has 2 N–H and O–H groups in total. The summed E-state index contributed by atoms with van der Waals surface area (Å²) in [5.41, 5.74) is 2.09. The van der Waals surface area contributed by atoms with E-state index in [-0.39, 0.29) is 11.3 Å². The highest BCUT2D eigenvalue weighted by Crippen LogP contribution is 2.39. The lowest BCUT2D eigenvalue weighted by atomic mass is 9.97. The number of pyridine rings is 2. The molecule has 28 heavy (non-hydrogen) atoms. The van der Waals surface area contributed by atoms with Gasteiger partial charge < -0.3 is 0 Å². The van der Waals surface area contributed by atoms with E-state index >= 15 is 0 Å². The molecule has 0 amide bonds. The van der Waals surface area contributed by atoms with E-state index < -0.39 is 11.9 Å². The number of H-pyrrole nitrogens is 2. The van der Waals surface area contributed by atoms with Crippen LogP contribution < -0.4 is 0 Å². The van der Waals surface area contributed by atoms with Crippen molar-refractivity contribution in [3.05, 3.63) is 60.8 Å². The molecule has 4 heterocycles. The third kappa shape index (κ3) is 2.51. The van der Waals surface area contributed by atoms with Gasteiger partial charge in [-0.25, -0.2) is 4.98 Å². The van der Waals surface area contributed by atoms with Gasteiger partial charge in [-0.15, -0.1) is 0 Å². The third-order valence-corrected chi connectivity index (χ3v) is 4.58. The third-order valence-electron chi connectivity index (χ3n) is 4.58. The Morgan fingerprint density at radius 2 is 1.64 bits per heavy atom. The van der Waals surface area contributed by atoms with Crippen LogP contribution in [-0.4, -0.2) is 30.4 Å². The smallest absolute Gasteiger partial charge is 0.278 e. The van der Waals surface area contributed by atoms with Crippen molar-refractivity contribution in [1.82, 2.24) is 30.4 Å². The van der Waals surface area contributed by atoms with Crippen molar-refractivity contribution in [2.45, 2.75) is 6.18 Å². The van der Waals surface area contributed by atoms with E-state index in [2.05, 4.69) is 25.3 Å². The average Bonchev–Trinajstić information content (AvgIpc) is 3.36.